The first-order valence-electron chi connectivity index (χ1n) is 5.13. The third-order valence-electron chi connectivity index (χ3n) is 3.24. The standard InChI is InChI=1S/C10H22N2/c1-4-12(5-2)8-9(3)10(11)6-7-10/h9H,4-8,11H2,1-3H3. The molecule has 2 N–H and O–H groups in total. The molecule has 72 valence electrons. The van der Waals surface area contributed by atoms with Crippen LogP contribution in [0.15, 0.2) is 0 Å². The molecule has 0 bridgehead atoms. The maximum Gasteiger partial charge on any atom is 0.0193 e. The Hall–Kier alpha value is -0.0800. The van der Waals surface area contributed by atoms with Gasteiger partial charge in [0.2, 0.25) is 0 Å². The Bertz CT molecular complexity index is 137. The van der Waals surface area contributed by atoms with Gasteiger partial charge in [-0.1, -0.05) is 20.8 Å². The molecule has 0 aromatic rings. The first-order chi connectivity index (χ1) is 5.62. The van der Waals surface area contributed by atoms with Crippen LogP contribution in [0.25, 0.3) is 0 Å². The molecule has 0 radical (unpaired) electrons. The summed E-state index contributed by atoms with van der Waals surface area (Å²) in [6.45, 7) is 10.2. The fraction of sp³-hybridized carbons (Fsp3) is 1.00. The van der Waals surface area contributed by atoms with E-state index < -0.39 is 0 Å². The van der Waals surface area contributed by atoms with E-state index in [0.717, 1.165) is 13.1 Å². The third-order valence-corrected chi connectivity index (χ3v) is 3.24. The van der Waals surface area contributed by atoms with Gasteiger partial charge in [0, 0.05) is 12.1 Å². The van der Waals surface area contributed by atoms with Gasteiger partial charge in [0.05, 0.1) is 0 Å². The molecule has 0 aliphatic heterocycles. The van der Waals surface area contributed by atoms with E-state index >= 15 is 0 Å². The molecule has 1 rings (SSSR count). The lowest BCUT2D eigenvalue weighted by Crippen LogP contribution is -2.39. The molecule has 12 heavy (non-hydrogen) atoms. The maximum atomic E-state index is 6.12. The van der Waals surface area contributed by atoms with Crippen molar-refractivity contribution in [2.45, 2.75) is 39.2 Å². The molecule has 0 amide bonds. The minimum Gasteiger partial charge on any atom is -0.325 e. The van der Waals surface area contributed by atoms with Crippen molar-refractivity contribution in [1.29, 1.82) is 0 Å². The fourth-order valence-corrected chi connectivity index (χ4v) is 1.69. The highest BCUT2D eigenvalue weighted by atomic mass is 15.1. The molecule has 2 nitrogen and oxygen atoms in total. The van der Waals surface area contributed by atoms with Crippen LogP contribution in [-0.2, 0) is 0 Å². The van der Waals surface area contributed by atoms with E-state index in [9.17, 15) is 0 Å². The highest BCUT2D eigenvalue weighted by Gasteiger charge is 2.43. The zero-order valence-electron chi connectivity index (χ0n) is 8.64. The first kappa shape index (κ1) is 10.0. The summed E-state index contributed by atoms with van der Waals surface area (Å²) < 4.78 is 0. The highest BCUT2D eigenvalue weighted by molar-refractivity contribution is 5.03. The average molecular weight is 170 g/mol. The Morgan fingerprint density at radius 3 is 2.17 bits per heavy atom. The summed E-state index contributed by atoms with van der Waals surface area (Å²) in [7, 11) is 0. The summed E-state index contributed by atoms with van der Waals surface area (Å²) in [6, 6.07) is 0. The van der Waals surface area contributed by atoms with E-state index in [1.54, 1.807) is 0 Å². The first-order valence-corrected chi connectivity index (χ1v) is 5.13. The van der Waals surface area contributed by atoms with Crippen molar-refractivity contribution >= 4 is 0 Å². The van der Waals surface area contributed by atoms with E-state index in [-0.39, 0.29) is 5.54 Å². The second kappa shape index (κ2) is 3.75. The van der Waals surface area contributed by atoms with Gasteiger partial charge in [-0.05, 0) is 31.8 Å². The van der Waals surface area contributed by atoms with Crippen molar-refractivity contribution in [3.63, 3.8) is 0 Å². The molecule has 1 unspecified atom stereocenters. The van der Waals surface area contributed by atoms with Crippen LogP contribution in [0.3, 0.4) is 0 Å². The van der Waals surface area contributed by atoms with E-state index in [0.29, 0.717) is 5.92 Å². The molecular formula is C10H22N2. The SMILES string of the molecule is CCN(CC)CC(C)C1(N)CC1. The quantitative estimate of drug-likeness (QED) is 0.677. The van der Waals surface area contributed by atoms with E-state index in [1.807, 2.05) is 0 Å². The smallest absolute Gasteiger partial charge is 0.0193 e. The lowest BCUT2D eigenvalue weighted by atomic mass is 10.00. The molecular weight excluding hydrogens is 148 g/mol. The van der Waals surface area contributed by atoms with Crippen LogP contribution in [-0.4, -0.2) is 30.1 Å². The second-order valence-electron chi connectivity index (χ2n) is 4.12. The van der Waals surface area contributed by atoms with E-state index in [4.69, 9.17) is 5.73 Å². The topological polar surface area (TPSA) is 29.3 Å². The number of rotatable bonds is 5. The Morgan fingerprint density at radius 1 is 1.33 bits per heavy atom. The van der Waals surface area contributed by atoms with Gasteiger partial charge in [0.25, 0.3) is 0 Å². The molecule has 0 heterocycles. The van der Waals surface area contributed by atoms with Crippen molar-refractivity contribution in [3.8, 4) is 0 Å². The monoisotopic (exact) mass is 170 g/mol. The van der Waals surface area contributed by atoms with Gasteiger partial charge in [-0.25, -0.2) is 0 Å². The lowest BCUT2D eigenvalue weighted by Gasteiger charge is -2.26. The third kappa shape index (κ3) is 2.20. The predicted octanol–water partition coefficient (Wildman–Crippen LogP) is 1.46. The molecule has 1 aliphatic rings. The summed E-state index contributed by atoms with van der Waals surface area (Å²) in [5.41, 5.74) is 6.32. The van der Waals surface area contributed by atoms with Crippen LogP contribution in [0.2, 0.25) is 0 Å². The number of hydrogen-bond acceptors (Lipinski definition) is 2. The van der Waals surface area contributed by atoms with Crippen molar-refractivity contribution in [2.24, 2.45) is 11.7 Å². The van der Waals surface area contributed by atoms with Crippen molar-refractivity contribution in [3.05, 3.63) is 0 Å². The summed E-state index contributed by atoms with van der Waals surface area (Å²) in [5.74, 6) is 0.664. The Balaban J connectivity index is 2.29. The lowest BCUT2D eigenvalue weighted by molar-refractivity contribution is 0.235. The molecule has 2 heteroatoms. The normalized spacial score (nSPS) is 22.8. The Kier molecular flexibility index (Phi) is 3.13. The number of hydrogen-bond donors (Lipinski definition) is 1. The van der Waals surface area contributed by atoms with Crippen molar-refractivity contribution in [1.82, 2.24) is 4.90 Å². The molecule has 1 saturated carbocycles. The van der Waals surface area contributed by atoms with Gasteiger partial charge >= 0.3 is 0 Å². The zero-order valence-corrected chi connectivity index (χ0v) is 8.64. The van der Waals surface area contributed by atoms with Crippen LogP contribution in [0, 0.1) is 5.92 Å². The molecule has 1 aliphatic carbocycles. The molecule has 0 aromatic carbocycles. The molecule has 0 aromatic heterocycles. The fourth-order valence-electron chi connectivity index (χ4n) is 1.69. The Morgan fingerprint density at radius 2 is 1.83 bits per heavy atom. The van der Waals surface area contributed by atoms with Gasteiger partial charge < -0.3 is 10.6 Å². The summed E-state index contributed by atoms with van der Waals surface area (Å²) in [5, 5.41) is 0. The summed E-state index contributed by atoms with van der Waals surface area (Å²) in [6.07, 6.45) is 2.46. The second-order valence-corrected chi connectivity index (χ2v) is 4.12. The minimum atomic E-state index is 0.197. The predicted molar refractivity (Wildman–Crippen MR) is 53.1 cm³/mol. The number of nitrogens with zero attached hydrogens (tertiary/aromatic N) is 1. The van der Waals surface area contributed by atoms with Crippen molar-refractivity contribution in [2.75, 3.05) is 19.6 Å². The Labute approximate surface area is 76.1 Å². The maximum absolute atomic E-state index is 6.12. The van der Waals surface area contributed by atoms with Gasteiger partial charge in [0.1, 0.15) is 0 Å². The van der Waals surface area contributed by atoms with Crippen LogP contribution in [0.4, 0.5) is 0 Å². The van der Waals surface area contributed by atoms with Gasteiger partial charge in [0.15, 0.2) is 0 Å². The van der Waals surface area contributed by atoms with Crippen LogP contribution in [0.1, 0.15) is 33.6 Å². The molecule has 0 saturated heterocycles. The average Bonchev–Trinajstić information content (AvgIpc) is 2.80. The van der Waals surface area contributed by atoms with Crippen LogP contribution in [0.5, 0.6) is 0 Å². The molecule has 1 fully saturated rings. The summed E-state index contributed by atoms with van der Waals surface area (Å²) in [4.78, 5) is 2.46. The van der Waals surface area contributed by atoms with Crippen LogP contribution >= 0.6 is 0 Å². The summed E-state index contributed by atoms with van der Waals surface area (Å²) >= 11 is 0. The highest BCUT2D eigenvalue weighted by Crippen LogP contribution is 2.39. The van der Waals surface area contributed by atoms with E-state index in [2.05, 4.69) is 25.7 Å². The van der Waals surface area contributed by atoms with Gasteiger partial charge in [-0.15, -0.1) is 0 Å². The van der Waals surface area contributed by atoms with Gasteiger partial charge in [-0.2, -0.15) is 0 Å². The molecule has 1 atom stereocenters. The van der Waals surface area contributed by atoms with Crippen LogP contribution < -0.4 is 5.73 Å². The molecule has 0 spiro atoms. The van der Waals surface area contributed by atoms with E-state index in [1.165, 1.54) is 19.4 Å². The minimum absolute atomic E-state index is 0.197. The zero-order chi connectivity index (χ0) is 9.19. The van der Waals surface area contributed by atoms with Crippen molar-refractivity contribution < 1.29 is 0 Å². The largest absolute Gasteiger partial charge is 0.325 e. The number of nitrogens with two attached hydrogens (primary N) is 1. The van der Waals surface area contributed by atoms with Gasteiger partial charge in [-0.3, -0.25) is 0 Å².